The first kappa shape index (κ1) is 18.7. The highest BCUT2D eigenvalue weighted by atomic mass is 35.5. The molecule has 0 radical (unpaired) electrons. The van der Waals surface area contributed by atoms with Crippen LogP contribution in [0.15, 0.2) is 18.3 Å². The lowest BCUT2D eigenvalue weighted by Gasteiger charge is -2.13. The van der Waals surface area contributed by atoms with Crippen molar-refractivity contribution >= 4 is 52.2 Å². The average Bonchev–Trinajstić information content (AvgIpc) is 2.91. The molecule has 2 aromatic heterocycles. The molecule has 0 saturated carbocycles. The van der Waals surface area contributed by atoms with Crippen LogP contribution in [0.5, 0.6) is 0 Å². The minimum Gasteiger partial charge on any atom is -0.448 e. The van der Waals surface area contributed by atoms with Crippen molar-refractivity contribution in [2.75, 3.05) is 5.32 Å². The molecule has 0 aromatic carbocycles. The third kappa shape index (κ3) is 4.47. The molecule has 0 fully saturated rings. The Morgan fingerprint density at radius 2 is 2.08 bits per heavy atom. The maximum atomic E-state index is 12.2. The van der Waals surface area contributed by atoms with Gasteiger partial charge in [0.1, 0.15) is 4.88 Å². The van der Waals surface area contributed by atoms with Crippen LogP contribution in [0.2, 0.25) is 10.0 Å². The third-order valence-electron chi connectivity index (χ3n) is 3.25. The number of carbonyl (C=O) groups excluding carboxylic acids is 2. The molecule has 0 saturated heterocycles. The van der Waals surface area contributed by atoms with Crippen molar-refractivity contribution in [1.82, 2.24) is 4.98 Å². The number of pyridine rings is 1. The van der Waals surface area contributed by atoms with E-state index >= 15 is 0 Å². The average molecular weight is 387 g/mol. The number of carbonyl (C=O) groups is 2. The summed E-state index contributed by atoms with van der Waals surface area (Å²) in [6, 6.07) is 3.23. The number of thiophene rings is 1. The number of amides is 1. The standard InChI is InChI=1S/C16H16Cl2N2O3S/c1-4-12-8(2)5-13(24-12)16(22)23-9(3)15(21)20-14-11(18)6-10(17)7-19-14/h5-7,9H,4H2,1-3H3,(H,19,20,21)/t9-/m1/s1. The van der Waals surface area contributed by atoms with E-state index in [1.165, 1.54) is 30.5 Å². The number of nitrogens with zero attached hydrogens (tertiary/aromatic N) is 1. The molecule has 1 amide bonds. The first-order valence-electron chi connectivity index (χ1n) is 7.24. The molecule has 0 spiro atoms. The SMILES string of the molecule is CCc1sc(C(=O)O[C@H](C)C(=O)Nc2ncc(Cl)cc2Cl)cc1C. The molecule has 5 nitrogen and oxygen atoms in total. The fraction of sp³-hybridized carbons (Fsp3) is 0.312. The van der Waals surface area contributed by atoms with Gasteiger partial charge in [0, 0.05) is 11.1 Å². The maximum Gasteiger partial charge on any atom is 0.349 e. The van der Waals surface area contributed by atoms with Gasteiger partial charge >= 0.3 is 5.97 Å². The maximum absolute atomic E-state index is 12.2. The summed E-state index contributed by atoms with van der Waals surface area (Å²) >= 11 is 13.1. The van der Waals surface area contributed by atoms with Gasteiger partial charge in [-0.2, -0.15) is 0 Å². The Balaban J connectivity index is 2.01. The van der Waals surface area contributed by atoms with Crippen LogP contribution in [0.1, 0.15) is 34.0 Å². The summed E-state index contributed by atoms with van der Waals surface area (Å²) in [4.78, 5) is 29.8. The van der Waals surface area contributed by atoms with Gasteiger partial charge in [-0.25, -0.2) is 9.78 Å². The smallest absolute Gasteiger partial charge is 0.349 e. The van der Waals surface area contributed by atoms with Gasteiger partial charge in [-0.05, 0) is 38.0 Å². The predicted molar refractivity (Wildman–Crippen MR) is 96.2 cm³/mol. The number of aryl methyl sites for hydroxylation is 2. The van der Waals surface area contributed by atoms with Gasteiger partial charge in [-0.15, -0.1) is 11.3 Å². The normalized spacial score (nSPS) is 11.9. The first-order chi connectivity index (χ1) is 11.3. The fourth-order valence-electron chi connectivity index (χ4n) is 1.97. The number of nitrogens with one attached hydrogen (secondary N) is 1. The summed E-state index contributed by atoms with van der Waals surface area (Å²) < 4.78 is 5.21. The topological polar surface area (TPSA) is 68.3 Å². The number of halogens is 2. The minimum atomic E-state index is -0.987. The molecule has 0 aliphatic heterocycles. The molecule has 24 heavy (non-hydrogen) atoms. The summed E-state index contributed by atoms with van der Waals surface area (Å²) in [7, 11) is 0. The Bertz CT molecular complexity index is 777. The summed E-state index contributed by atoms with van der Waals surface area (Å²) in [5.74, 6) is -0.890. The number of hydrogen-bond donors (Lipinski definition) is 1. The van der Waals surface area contributed by atoms with Gasteiger partial charge in [-0.3, -0.25) is 4.79 Å². The summed E-state index contributed by atoms with van der Waals surface area (Å²) in [5, 5.41) is 3.07. The second-order valence-corrected chi connectivity index (χ2v) is 7.07. The second kappa shape index (κ2) is 7.96. The van der Waals surface area contributed by atoms with E-state index in [4.69, 9.17) is 27.9 Å². The predicted octanol–water partition coefficient (Wildman–Crippen LogP) is 4.50. The van der Waals surface area contributed by atoms with Crippen molar-refractivity contribution in [3.05, 3.63) is 43.7 Å². The Kier molecular flexibility index (Phi) is 6.21. The largest absolute Gasteiger partial charge is 0.448 e. The monoisotopic (exact) mass is 386 g/mol. The molecular weight excluding hydrogens is 371 g/mol. The van der Waals surface area contributed by atoms with Crippen molar-refractivity contribution in [3.63, 3.8) is 0 Å². The van der Waals surface area contributed by atoms with Crippen molar-refractivity contribution in [3.8, 4) is 0 Å². The lowest BCUT2D eigenvalue weighted by Crippen LogP contribution is -2.30. The van der Waals surface area contributed by atoms with Gasteiger partial charge in [-0.1, -0.05) is 30.1 Å². The van der Waals surface area contributed by atoms with Gasteiger partial charge in [0.25, 0.3) is 5.91 Å². The van der Waals surface area contributed by atoms with Gasteiger partial charge in [0.15, 0.2) is 11.9 Å². The molecule has 1 atom stereocenters. The number of esters is 1. The number of anilines is 1. The molecule has 2 heterocycles. The third-order valence-corrected chi connectivity index (χ3v) is 5.10. The van der Waals surface area contributed by atoms with Gasteiger partial charge in [0.2, 0.25) is 0 Å². The van der Waals surface area contributed by atoms with Crippen molar-refractivity contribution in [1.29, 1.82) is 0 Å². The molecule has 2 rings (SSSR count). The minimum absolute atomic E-state index is 0.161. The molecule has 128 valence electrons. The summed E-state index contributed by atoms with van der Waals surface area (Å²) in [6.45, 7) is 5.45. The summed E-state index contributed by atoms with van der Waals surface area (Å²) in [6.07, 6.45) is 1.22. The van der Waals surface area contributed by atoms with Crippen molar-refractivity contribution < 1.29 is 14.3 Å². The molecule has 8 heteroatoms. The quantitative estimate of drug-likeness (QED) is 0.767. The van der Waals surface area contributed by atoms with Crippen LogP contribution in [-0.2, 0) is 16.0 Å². The number of aromatic nitrogens is 1. The molecule has 0 aliphatic rings. The van der Waals surface area contributed by atoms with E-state index in [-0.39, 0.29) is 10.8 Å². The summed E-state index contributed by atoms with van der Waals surface area (Å²) in [5.41, 5.74) is 1.05. The van der Waals surface area contributed by atoms with E-state index < -0.39 is 18.0 Å². The van der Waals surface area contributed by atoms with E-state index in [0.29, 0.717) is 9.90 Å². The fourth-order valence-corrected chi connectivity index (χ4v) is 3.39. The van der Waals surface area contributed by atoms with Crippen LogP contribution in [0.25, 0.3) is 0 Å². The lowest BCUT2D eigenvalue weighted by atomic mass is 10.2. The van der Waals surface area contributed by atoms with E-state index in [1.54, 1.807) is 6.07 Å². The lowest BCUT2D eigenvalue weighted by molar-refractivity contribution is -0.123. The molecular formula is C16H16Cl2N2O3S. The molecule has 0 aliphatic carbocycles. The highest BCUT2D eigenvalue weighted by molar-refractivity contribution is 7.14. The van der Waals surface area contributed by atoms with E-state index in [2.05, 4.69) is 10.3 Å². The van der Waals surface area contributed by atoms with Gasteiger partial charge < -0.3 is 10.1 Å². The zero-order valence-electron chi connectivity index (χ0n) is 13.4. The number of ether oxygens (including phenoxy) is 1. The van der Waals surface area contributed by atoms with Crippen molar-refractivity contribution in [2.24, 2.45) is 0 Å². The molecule has 0 unspecified atom stereocenters. The van der Waals surface area contributed by atoms with Crippen LogP contribution in [-0.4, -0.2) is 23.0 Å². The Morgan fingerprint density at radius 1 is 1.38 bits per heavy atom. The number of rotatable bonds is 5. The van der Waals surface area contributed by atoms with E-state index in [9.17, 15) is 9.59 Å². The molecule has 2 aromatic rings. The molecule has 1 N–H and O–H groups in total. The highest BCUT2D eigenvalue weighted by Gasteiger charge is 2.22. The van der Waals surface area contributed by atoms with E-state index in [0.717, 1.165) is 16.9 Å². The van der Waals surface area contributed by atoms with Crippen LogP contribution in [0.4, 0.5) is 5.82 Å². The second-order valence-electron chi connectivity index (χ2n) is 5.09. The van der Waals surface area contributed by atoms with Crippen LogP contribution < -0.4 is 5.32 Å². The van der Waals surface area contributed by atoms with Crippen LogP contribution in [0, 0.1) is 6.92 Å². The Labute approximate surface area is 153 Å². The zero-order chi connectivity index (χ0) is 17.9. The van der Waals surface area contributed by atoms with Crippen LogP contribution in [0.3, 0.4) is 0 Å². The number of hydrogen-bond acceptors (Lipinski definition) is 5. The van der Waals surface area contributed by atoms with Gasteiger partial charge in [0.05, 0.1) is 10.0 Å². The highest BCUT2D eigenvalue weighted by Crippen LogP contribution is 2.24. The van der Waals surface area contributed by atoms with Crippen molar-refractivity contribution in [2.45, 2.75) is 33.3 Å². The first-order valence-corrected chi connectivity index (χ1v) is 8.81. The molecule has 0 bridgehead atoms. The Morgan fingerprint density at radius 3 is 2.67 bits per heavy atom. The zero-order valence-corrected chi connectivity index (χ0v) is 15.7. The Hall–Kier alpha value is -1.63. The van der Waals surface area contributed by atoms with Crippen LogP contribution >= 0.6 is 34.5 Å². The van der Waals surface area contributed by atoms with E-state index in [1.807, 2.05) is 13.8 Å².